The third-order valence-corrected chi connectivity index (χ3v) is 5.76. The van der Waals surface area contributed by atoms with E-state index in [1.807, 2.05) is 17.4 Å². The molecule has 0 spiro atoms. The molecule has 0 bridgehead atoms. The van der Waals surface area contributed by atoms with Gasteiger partial charge in [0.15, 0.2) is 0 Å². The van der Waals surface area contributed by atoms with Crippen molar-refractivity contribution in [3.8, 4) is 0 Å². The summed E-state index contributed by atoms with van der Waals surface area (Å²) in [6.45, 7) is 4.28. The fraction of sp³-hybridized carbons (Fsp3) is 0.600. The van der Waals surface area contributed by atoms with Crippen molar-refractivity contribution >= 4 is 5.91 Å². The first-order valence-electron chi connectivity index (χ1n) is 10.1. The fourth-order valence-electron chi connectivity index (χ4n) is 4.28. The summed E-state index contributed by atoms with van der Waals surface area (Å²) in [7, 11) is 0. The summed E-state index contributed by atoms with van der Waals surface area (Å²) in [4.78, 5) is 29.6. The van der Waals surface area contributed by atoms with E-state index >= 15 is 0 Å². The molecule has 4 rings (SSSR count). The molecule has 7 nitrogen and oxygen atoms in total. The summed E-state index contributed by atoms with van der Waals surface area (Å²) in [6.07, 6.45) is 16.3. The standard InChI is InChI=1S/C20H28N6O/c27-20(19-14-21-7-8-23-19)25-10-4-9-24(11-12-25)15-18-13-22-16-26(18)17-5-2-1-3-6-17/h7-8,13-14,16-17H,1-6,9-12,15H2. The molecule has 144 valence electrons. The first kappa shape index (κ1) is 18.1. The quantitative estimate of drug-likeness (QED) is 0.830. The van der Waals surface area contributed by atoms with Gasteiger partial charge >= 0.3 is 0 Å². The highest BCUT2D eigenvalue weighted by Crippen LogP contribution is 2.29. The van der Waals surface area contributed by atoms with E-state index in [0.717, 1.165) is 39.1 Å². The SMILES string of the molecule is O=C(c1cnccn1)N1CCCN(Cc2cncn2C2CCCCC2)CC1. The minimum atomic E-state index is -0.0165. The molecular formula is C20H28N6O. The molecule has 2 aromatic heterocycles. The summed E-state index contributed by atoms with van der Waals surface area (Å²) in [5, 5.41) is 0. The number of rotatable bonds is 4. The van der Waals surface area contributed by atoms with Crippen molar-refractivity contribution in [3.05, 3.63) is 42.5 Å². The van der Waals surface area contributed by atoms with Crippen LogP contribution in [0.5, 0.6) is 0 Å². The Morgan fingerprint density at radius 3 is 2.67 bits per heavy atom. The molecule has 2 aliphatic rings. The summed E-state index contributed by atoms with van der Waals surface area (Å²) in [6, 6.07) is 0.609. The van der Waals surface area contributed by atoms with Crippen LogP contribution in [0.4, 0.5) is 0 Å². The van der Waals surface area contributed by atoms with Gasteiger partial charge in [0.2, 0.25) is 0 Å². The molecule has 7 heteroatoms. The lowest BCUT2D eigenvalue weighted by atomic mass is 9.95. The number of amides is 1. The second-order valence-electron chi connectivity index (χ2n) is 7.60. The van der Waals surface area contributed by atoms with Crippen molar-refractivity contribution in [3.63, 3.8) is 0 Å². The van der Waals surface area contributed by atoms with Gasteiger partial charge < -0.3 is 9.47 Å². The van der Waals surface area contributed by atoms with E-state index in [1.165, 1.54) is 37.8 Å². The third kappa shape index (κ3) is 4.35. The molecule has 1 aliphatic heterocycles. The number of hydrogen-bond acceptors (Lipinski definition) is 5. The normalized spacial score (nSPS) is 19.8. The van der Waals surface area contributed by atoms with Crippen molar-refractivity contribution in [2.24, 2.45) is 0 Å². The Labute approximate surface area is 160 Å². The maximum absolute atomic E-state index is 12.6. The van der Waals surface area contributed by atoms with Gasteiger partial charge in [-0.2, -0.15) is 0 Å². The largest absolute Gasteiger partial charge is 0.336 e. The maximum atomic E-state index is 12.6. The number of nitrogens with zero attached hydrogens (tertiary/aromatic N) is 6. The Kier molecular flexibility index (Phi) is 5.77. The molecule has 3 heterocycles. The lowest BCUT2D eigenvalue weighted by Crippen LogP contribution is -2.35. The van der Waals surface area contributed by atoms with E-state index in [4.69, 9.17) is 0 Å². The third-order valence-electron chi connectivity index (χ3n) is 5.76. The van der Waals surface area contributed by atoms with Crippen molar-refractivity contribution in [2.45, 2.75) is 51.1 Å². The highest BCUT2D eigenvalue weighted by atomic mass is 16.2. The zero-order valence-corrected chi connectivity index (χ0v) is 15.8. The molecule has 0 atom stereocenters. The van der Waals surface area contributed by atoms with Gasteiger partial charge in [0.05, 0.1) is 18.2 Å². The van der Waals surface area contributed by atoms with Gasteiger partial charge in [-0.1, -0.05) is 19.3 Å². The molecule has 0 aromatic carbocycles. The van der Waals surface area contributed by atoms with Gasteiger partial charge in [-0.05, 0) is 19.3 Å². The minimum Gasteiger partial charge on any atom is -0.336 e. The average Bonchev–Trinajstić information content (AvgIpc) is 3.06. The Morgan fingerprint density at radius 2 is 1.85 bits per heavy atom. The van der Waals surface area contributed by atoms with Crippen LogP contribution in [-0.4, -0.2) is 61.4 Å². The van der Waals surface area contributed by atoms with E-state index in [9.17, 15) is 4.79 Å². The van der Waals surface area contributed by atoms with Crippen LogP contribution in [0.2, 0.25) is 0 Å². The van der Waals surface area contributed by atoms with Gasteiger partial charge in [-0.15, -0.1) is 0 Å². The van der Waals surface area contributed by atoms with E-state index in [1.54, 1.807) is 18.6 Å². The van der Waals surface area contributed by atoms with Crippen molar-refractivity contribution in [1.29, 1.82) is 0 Å². The molecule has 1 aliphatic carbocycles. The lowest BCUT2D eigenvalue weighted by Gasteiger charge is -2.27. The van der Waals surface area contributed by atoms with Crippen LogP contribution in [-0.2, 0) is 6.54 Å². The monoisotopic (exact) mass is 368 g/mol. The second-order valence-corrected chi connectivity index (χ2v) is 7.60. The summed E-state index contributed by atoms with van der Waals surface area (Å²) in [5.41, 5.74) is 1.73. The maximum Gasteiger partial charge on any atom is 0.274 e. The van der Waals surface area contributed by atoms with E-state index < -0.39 is 0 Å². The Morgan fingerprint density at radius 1 is 0.963 bits per heavy atom. The Hall–Kier alpha value is -2.28. The molecule has 2 fully saturated rings. The minimum absolute atomic E-state index is 0.0165. The second kappa shape index (κ2) is 8.61. The van der Waals surface area contributed by atoms with Crippen LogP contribution in [0.15, 0.2) is 31.1 Å². The van der Waals surface area contributed by atoms with Crippen LogP contribution in [0.25, 0.3) is 0 Å². The highest BCUT2D eigenvalue weighted by molar-refractivity contribution is 5.91. The van der Waals surface area contributed by atoms with Crippen LogP contribution < -0.4 is 0 Å². The zero-order valence-electron chi connectivity index (χ0n) is 15.8. The van der Waals surface area contributed by atoms with Gasteiger partial charge in [0.25, 0.3) is 5.91 Å². The molecule has 0 unspecified atom stereocenters. The number of carbonyl (C=O) groups excluding carboxylic acids is 1. The van der Waals surface area contributed by atoms with Crippen LogP contribution >= 0.6 is 0 Å². The molecule has 1 amide bonds. The molecule has 1 saturated carbocycles. The topological polar surface area (TPSA) is 67.2 Å². The van der Waals surface area contributed by atoms with Crippen molar-refractivity contribution < 1.29 is 4.79 Å². The number of imidazole rings is 1. The van der Waals surface area contributed by atoms with Gasteiger partial charge in [-0.25, -0.2) is 9.97 Å². The first-order chi connectivity index (χ1) is 13.3. The van der Waals surface area contributed by atoms with Gasteiger partial charge in [-0.3, -0.25) is 14.7 Å². The van der Waals surface area contributed by atoms with E-state index in [0.29, 0.717) is 11.7 Å². The van der Waals surface area contributed by atoms with Crippen molar-refractivity contribution in [1.82, 2.24) is 29.3 Å². The number of aromatic nitrogens is 4. The zero-order chi connectivity index (χ0) is 18.5. The van der Waals surface area contributed by atoms with Crippen LogP contribution in [0.1, 0.15) is 60.7 Å². The van der Waals surface area contributed by atoms with Crippen LogP contribution in [0, 0.1) is 0 Å². The predicted octanol–water partition coefficient (Wildman–Crippen LogP) is 2.53. The van der Waals surface area contributed by atoms with Gasteiger partial charge in [0, 0.05) is 57.4 Å². The van der Waals surface area contributed by atoms with Gasteiger partial charge in [0.1, 0.15) is 5.69 Å². The molecule has 0 N–H and O–H groups in total. The molecule has 0 radical (unpaired) electrons. The summed E-state index contributed by atoms with van der Waals surface area (Å²) >= 11 is 0. The Balaban J connectivity index is 1.37. The summed E-state index contributed by atoms with van der Waals surface area (Å²) in [5.74, 6) is -0.0165. The van der Waals surface area contributed by atoms with Crippen molar-refractivity contribution in [2.75, 3.05) is 26.2 Å². The van der Waals surface area contributed by atoms with Crippen LogP contribution in [0.3, 0.4) is 0 Å². The highest BCUT2D eigenvalue weighted by Gasteiger charge is 2.23. The predicted molar refractivity (Wildman–Crippen MR) is 102 cm³/mol. The molecule has 27 heavy (non-hydrogen) atoms. The Bertz CT molecular complexity index is 740. The first-order valence-corrected chi connectivity index (χ1v) is 10.1. The van der Waals surface area contributed by atoms with E-state index in [2.05, 4.69) is 24.4 Å². The smallest absolute Gasteiger partial charge is 0.274 e. The van der Waals surface area contributed by atoms with E-state index in [-0.39, 0.29) is 5.91 Å². The fourth-order valence-corrected chi connectivity index (χ4v) is 4.28. The average molecular weight is 368 g/mol. The molecule has 1 saturated heterocycles. The number of hydrogen-bond donors (Lipinski definition) is 0. The molecular weight excluding hydrogens is 340 g/mol. The lowest BCUT2D eigenvalue weighted by molar-refractivity contribution is 0.0754. The summed E-state index contributed by atoms with van der Waals surface area (Å²) < 4.78 is 2.40. The molecule has 2 aromatic rings. The number of carbonyl (C=O) groups is 1.